The Kier molecular flexibility index (Phi) is 6.24. The van der Waals surface area contributed by atoms with Crippen LogP contribution < -0.4 is 5.32 Å². The minimum atomic E-state index is -0.856. The Morgan fingerprint density at radius 2 is 2.20 bits per heavy atom. The molecule has 0 saturated carbocycles. The monoisotopic (exact) mass is 274 g/mol. The van der Waals surface area contributed by atoms with Gasteiger partial charge < -0.3 is 10.1 Å². The second-order valence-electron chi connectivity index (χ2n) is 4.42. The van der Waals surface area contributed by atoms with E-state index in [2.05, 4.69) is 5.32 Å². The molecule has 0 aliphatic carbocycles. The van der Waals surface area contributed by atoms with Gasteiger partial charge in [0, 0.05) is 12.1 Å². The number of ether oxygens (including phenoxy) is 1. The molecule has 0 unspecified atom stereocenters. The molecule has 0 aromatic heterocycles. The molecule has 1 atom stereocenters. The van der Waals surface area contributed by atoms with Gasteiger partial charge in [0.25, 0.3) is 5.91 Å². The van der Waals surface area contributed by atoms with Crippen LogP contribution in [0.5, 0.6) is 0 Å². The number of carbonyl (C=O) groups is 2. The van der Waals surface area contributed by atoms with Crippen molar-refractivity contribution in [1.29, 1.82) is 5.26 Å². The molecular formula is C15H18N2O3. The lowest BCUT2D eigenvalue weighted by Gasteiger charge is -2.13. The predicted molar refractivity (Wildman–Crippen MR) is 74.9 cm³/mol. The molecule has 0 aliphatic heterocycles. The Morgan fingerprint density at radius 1 is 1.45 bits per heavy atom. The van der Waals surface area contributed by atoms with Crippen molar-refractivity contribution in [3.63, 3.8) is 0 Å². The molecule has 1 aromatic rings. The first-order valence-corrected chi connectivity index (χ1v) is 6.57. The highest BCUT2D eigenvalue weighted by Crippen LogP contribution is 2.11. The van der Waals surface area contributed by atoms with E-state index in [1.165, 1.54) is 6.92 Å². The van der Waals surface area contributed by atoms with Crippen molar-refractivity contribution in [1.82, 2.24) is 0 Å². The van der Waals surface area contributed by atoms with Crippen LogP contribution in [0.1, 0.15) is 38.7 Å². The van der Waals surface area contributed by atoms with E-state index in [4.69, 9.17) is 10.00 Å². The lowest BCUT2D eigenvalue weighted by atomic mass is 10.2. The molecule has 1 rings (SSSR count). The summed E-state index contributed by atoms with van der Waals surface area (Å²) < 4.78 is 5.03. The summed E-state index contributed by atoms with van der Waals surface area (Å²) in [4.78, 5) is 23.3. The van der Waals surface area contributed by atoms with Gasteiger partial charge in [-0.05, 0) is 31.5 Å². The SMILES string of the molecule is CCCCC(=O)O[C@H](C)C(=O)Nc1cccc(C#N)c1. The fraction of sp³-hybridized carbons (Fsp3) is 0.400. The van der Waals surface area contributed by atoms with Gasteiger partial charge in [-0.25, -0.2) is 0 Å². The molecule has 1 amide bonds. The summed E-state index contributed by atoms with van der Waals surface area (Å²) in [5, 5.41) is 11.4. The Balaban J connectivity index is 2.53. The standard InChI is InChI=1S/C15H18N2O3/c1-3-4-8-14(18)20-11(2)15(19)17-13-7-5-6-12(9-13)10-16/h5-7,9,11H,3-4,8H2,1-2H3,(H,17,19)/t11-/m1/s1. The number of hydrogen-bond acceptors (Lipinski definition) is 4. The second kappa shape index (κ2) is 7.95. The molecule has 5 heteroatoms. The van der Waals surface area contributed by atoms with Crippen LogP contribution in [-0.4, -0.2) is 18.0 Å². The Bertz CT molecular complexity index is 520. The summed E-state index contributed by atoms with van der Waals surface area (Å²) >= 11 is 0. The molecule has 0 saturated heterocycles. The quantitative estimate of drug-likeness (QED) is 0.809. The van der Waals surface area contributed by atoms with Crippen molar-refractivity contribution < 1.29 is 14.3 Å². The third-order valence-corrected chi connectivity index (χ3v) is 2.67. The number of hydrogen-bond donors (Lipinski definition) is 1. The molecule has 0 heterocycles. The molecule has 106 valence electrons. The van der Waals surface area contributed by atoms with E-state index in [9.17, 15) is 9.59 Å². The molecule has 5 nitrogen and oxygen atoms in total. The van der Waals surface area contributed by atoms with Crippen molar-refractivity contribution in [3.8, 4) is 6.07 Å². The second-order valence-corrected chi connectivity index (χ2v) is 4.42. The first kappa shape index (κ1) is 15.7. The number of nitrogens with zero attached hydrogens (tertiary/aromatic N) is 1. The molecule has 0 bridgehead atoms. The molecule has 0 radical (unpaired) electrons. The van der Waals surface area contributed by atoms with Gasteiger partial charge in [-0.3, -0.25) is 9.59 Å². The summed E-state index contributed by atoms with van der Waals surface area (Å²) in [5.74, 6) is -0.787. The third-order valence-electron chi connectivity index (χ3n) is 2.67. The largest absolute Gasteiger partial charge is 0.453 e. The van der Waals surface area contributed by atoms with E-state index >= 15 is 0 Å². The van der Waals surface area contributed by atoms with E-state index in [1.54, 1.807) is 24.3 Å². The number of unbranched alkanes of at least 4 members (excludes halogenated alkanes) is 1. The number of esters is 1. The van der Waals surface area contributed by atoms with Crippen LogP contribution in [-0.2, 0) is 14.3 Å². The zero-order chi connectivity index (χ0) is 15.0. The Labute approximate surface area is 118 Å². The maximum atomic E-state index is 11.9. The van der Waals surface area contributed by atoms with Crippen LogP contribution >= 0.6 is 0 Å². The minimum absolute atomic E-state index is 0.317. The van der Waals surface area contributed by atoms with Crippen LogP contribution in [0.2, 0.25) is 0 Å². The lowest BCUT2D eigenvalue weighted by Crippen LogP contribution is -2.29. The molecule has 0 aliphatic rings. The van der Waals surface area contributed by atoms with Crippen molar-refractivity contribution >= 4 is 17.6 Å². The van der Waals surface area contributed by atoms with E-state index in [0.717, 1.165) is 12.8 Å². The van der Waals surface area contributed by atoms with Gasteiger partial charge in [0.05, 0.1) is 11.6 Å². The first-order valence-electron chi connectivity index (χ1n) is 6.57. The number of anilines is 1. The number of benzene rings is 1. The number of nitrogens with one attached hydrogen (secondary N) is 1. The van der Waals surface area contributed by atoms with Crippen molar-refractivity contribution in [2.45, 2.75) is 39.2 Å². The summed E-state index contributed by atoms with van der Waals surface area (Å²) in [5.41, 5.74) is 0.959. The molecule has 0 spiro atoms. The molecule has 1 aromatic carbocycles. The summed E-state index contributed by atoms with van der Waals surface area (Å²) in [6.07, 6.45) is 1.11. The van der Waals surface area contributed by atoms with Crippen molar-refractivity contribution in [2.75, 3.05) is 5.32 Å². The van der Waals surface area contributed by atoms with E-state index in [0.29, 0.717) is 17.7 Å². The highest BCUT2D eigenvalue weighted by atomic mass is 16.5. The third kappa shape index (κ3) is 5.11. The van der Waals surface area contributed by atoms with Crippen LogP contribution in [0.3, 0.4) is 0 Å². The Hall–Kier alpha value is -2.35. The van der Waals surface area contributed by atoms with E-state index in [1.807, 2.05) is 13.0 Å². The maximum absolute atomic E-state index is 11.9. The van der Waals surface area contributed by atoms with E-state index < -0.39 is 12.0 Å². The topological polar surface area (TPSA) is 79.2 Å². The average molecular weight is 274 g/mol. The van der Waals surface area contributed by atoms with Crippen LogP contribution in [0.15, 0.2) is 24.3 Å². The number of rotatable bonds is 6. The summed E-state index contributed by atoms with van der Waals surface area (Å²) in [6, 6.07) is 8.53. The van der Waals surface area contributed by atoms with Crippen LogP contribution in [0.25, 0.3) is 0 Å². The fourth-order valence-corrected chi connectivity index (χ4v) is 1.54. The normalized spacial score (nSPS) is 11.2. The molecule has 0 fully saturated rings. The van der Waals surface area contributed by atoms with Crippen molar-refractivity contribution in [3.05, 3.63) is 29.8 Å². The van der Waals surface area contributed by atoms with Crippen LogP contribution in [0, 0.1) is 11.3 Å². The molecule has 20 heavy (non-hydrogen) atoms. The minimum Gasteiger partial charge on any atom is -0.453 e. The van der Waals surface area contributed by atoms with Gasteiger partial charge >= 0.3 is 5.97 Å². The zero-order valence-electron chi connectivity index (χ0n) is 11.7. The first-order chi connectivity index (χ1) is 9.56. The van der Waals surface area contributed by atoms with Crippen LogP contribution in [0.4, 0.5) is 5.69 Å². The fourth-order valence-electron chi connectivity index (χ4n) is 1.54. The highest BCUT2D eigenvalue weighted by molar-refractivity contribution is 5.95. The van der Waals surface area contributed by atoms with E-state index in [-0.39, 0.29) is 5.97 Å². The summed E-state index contributed by atoms with van der Waals surface area (Å²) in [7, 11) is 0. The molecular weight excluding hydrogens is 256 g/mol. The van der Waals surface area contributed by atoms with Gasteiger partial charge in [0.1, 0.15) is 0 Å². The Morgan fingerprint density at radius 3 is 2.85 bits per heavy atom. The van der Waals surface area contributed by atoms with Crippen molar-refractivity contribution in [2.24, 2.45) is 0 Å². The predicted octanol–water partition coefficient (Wildman–Crippen LogP) is 2.62. The van der Waals surface area contributed by atoms with Gasteiger partial charge in [0.2, 0.25) is 0 Å². The lowest BCUT2D eigenvalue weighted by molar-refractivity contribution is -0.153. The zero-order valence-corrected chi connectivity index (χ0v) is 11.7. The number of amides is 1. The van der Waals surface area contributed by atoms with Gasteiger partial charge in [-0.15, -0.1) is 0 Å². The smallest absolute Gasteiger partial charge is 0.306 e. The van der Waals surface area contributed by atoms with Gasteiger partial charge in [-0.1, -0.05) is 19.4 Å². The van der Waals surface area contributed by atoms with Gasteiger partial charge in [-0.2, -0.15) is 5.26 Å². The molecule has 1 N–H and O–H groups in total. The van der Waals surface area contributed by atoms with Gasteiger partial charge in [0.15, 0.2) is 6.10 Å². The maximum Gasteiger partial charge on any atom is 0.306 e. The number of nitriles is 1. The highest BCUT2D eigenvalue weighted by Gasteiger charge is 2.17. The summed E-state index contributed by atoms with van der Waals surface area (Å²) in [6.45, 7) is 3.50. The average Bonchev–Trinajstić information content (AvgIpc) is 2.45. The number of carbonyl (C=O) groups excluding carboxylic acids is 2.